The molecule has 0 saturated carbocycles. The number of rotatable bonds is 14. The van der Waals surface area contributed by atoms with Gasteiger partial charge in [0.2, 0.25) is 0 Å². The Hall–Kier alpha value is -3.56. The largest absolute Gasteiger partial charge is 0.468 e. The molecule has 5 rings (SSSR count). The van der Waals surface area contributed by atoms with Crippen molar-refractivity contribution in [2.24, 2.45) is 9.98 Å². The Morgan fingerprint density at radius 2 is 1.00 bits per heavy atom. The molecule has 0 amide bonds. The highest BCUT2D eigenvalue weighted by atomic mass is 16.7. The minimum atomic E-state index is 0.212. The average Bonchev–Trinajstić information content (AvgIpc) is 3.85. The second-order valence-electron chi connectivity index (χ2n) is 8.35. The molecule has 2 saturated heterocycles. The molecular weight excluding hydrogens is 460 g/mol. The van der Waals surface area contributed by atoms with Gasteiger partial charge in [0.15, 0.2) is 13.6 Å². The fourth-order valence-corrected chi connectivity index (χ4v) is 3.13. The lowest BCUT2D eigenvalue weighted by molar-refractivity contribution is 0.00810. The van der Waals surface area contributed by atoms with Crippen LogP contribution in [0.5, 0.6) is 11.5 Å². The van der Waals surface area contributed by atoms with Gasteiger partial charge in [-0.2, -0.15) is 0 Å². The Kier molecular flexibility index (Phi) is 8.33. The summed E-state index contributed by atoms with van der Waals surface area (Å²) in [6, 6.07) is 23.1. The fraction of sp³-hybridized carbons (Fsp3) is 0.286. The van der Waals surface area contributed by atoms with Crippen LogP contribution in [0, 0.1) is 0 Å². The zero-order chi connectivity index (χ0) is 24.4. The van der Waals surface area contributed by atoms with E-state index in [4.69, 9.17) is 28.4 Å². The summed E-state index contributed by atoms with van der Waals surface area (Å²) < 4.78 is 32.0. The number of ether oxygens (including phenoxy) is 6. The van der Waals surface area contributed by atoms with Gasteiger partial charge in [-0.1, -0.05) is 12.1 Å². The second kappa shape index (κ2) is 12.4. The molecule has 2 heterocycles. The second-order valence-corrected chi connectivity index (χ2v) is 8.35. The first kappa shape index (κ1) is 24.1. The zero-order valence-corrected chi connectivity index (χ0v) is 19.8. The normalized spacial score (nSPS) is 18.6. The lowest BCUT2D eigenvalue weighted by Crippen LogP contribution is -2.07. The fourth-order valence-electron chi connectivity index (χ4n) is 3.13. The van der Waals surface area contributed by atoms with E-state index in [-0.39, 0.29) is 25.8 Å². The number of nitrogens with zero attached hydrogens (tertiary/aromatic N) is 2. The van der Waals surface area contributed by atoms with Crippen molar-refractivity contribution < 1.29 is 28.4 Å². The standard InChI is InChI=1S/C28H28N2O6/c1-5-23(29-14-22-3-9-25(10-4-22)35-19-31-15-27-17-33-27)6-2-21(1)13-30-24-7-11-26(12-8-24)36-20-32-16-28-18-34-28/h1-14,27-28H,15-20H2. The van der Waals surface area contributed by atoms with E-state index in [2.05, 4.69) is 9.98 Å². The monoisotopic (exact) mass is 488 g/mol. The van der Waals surface area contributed by atoms with Gasteiger partial charge in [-0.05, 0) is 71.8 Å². The molecule has 2 aliphatic rings. The van der Waals surface area contributed by atoms with Crippen LogP contribution in [0.4, 0.5) is 11.4 Å². The summed E-state index contributed by atoms with van der Waals surface area (Å²) in [5.74, 6) is 1.49. The molecule has 0 N–H and O–H groups in total. The van der Waals surface area contributed by atoms with E-state index in [1.165, 1.54) is 0 Å². The lowest BCUT2D eigenvalue weighted by atomic mass is 10.2. The third-order valence-corrected chi connectivity index (χ3v) is 5.37. The summed E-state index contributed by atoms with van der Waals surface area (Å²) in [7, 11) is 0. The van der Waals surface area contributed by atoms with Gasteiger partial charge in [0.05, 0.1) is 37.8 Å². The molecule has 3 aromatic rings. The maximum Gasteiger partial charge on any atom is 0.189 e. The van der Waals surface area contributed by atoms with Crippen molar-refractivity contribution in [3.05, 3.63) is 83.9 Å². The van der Waals surface area contributed by atoms with Crippen LogP contribution in [0.2, 0.25) is 0 Å². The van der Waals surface area contributed by atoms with Crippen LogP contribution >= 0.6 is 0 Å². The van der Waals surface area contributed by atoms with Crippen molar-refractivity contribution in [3.8, 4) is 11.5 Å². The third-order valence-electron chi connectivity index (χ3n) is 5.37. The zero-order valence-electron chi connectivity index (χ0n) is 19.8. The molecule has 186 valence electrons. The summed E-state index contributed by atoms with van der Waals surface area (Å²) >= 11 is 0. The van der Waals surface area contributed by atoms with E-state index in [1.807, 2.05) is 85.2 Å². The first-order chi connectivity index (χ1) is 17.8. The van der Waals surface area contributed by atoms with Gasteiger partial charge in [-0.25, -0.2) is 0 Å². The Morgan fingerprint density at radius 3 is 1.44 bits per heavy atom. The summed E-state index contributed by atoms with van der Waals surface area (Å²) in [5.41, 5.74) is 3.67. The molecular formula is C28H28N2O6. The lowest BCUT2D eigenvalue weighted by Gasteiger charge is -2.06. The molecule has 2 atom stereocenters. The van der Waals surface area contributed by atoms with Gasteiger partial charge in [0, 0.05) is 12.4 Å². The van der Waals surface area contributed by atoms with E-state index in [9.17, 15) is 0 Å². The number of aliphatic imine (C=N–C) groups is 2. The first-order valence-corrected chi connectivity index (χ1v) is 11.8. The van der Waals surface area contributed by atoms with Gasteiger partial charge in [-0.3, -0.25) is 9.98 Å². The summed E-state index contributed by atoms with van der Waals surface area (Å²) in [4.78, 5) is 9.06. The minimum Gasteiger partial charge on any atom is -0.468 e. The quantitative estimate of drug-likeness (QED) is 0.142. The highest BCUT2D eigenvalue weighted by molar-refractivity contribution is 5.84. The van der Waals surface area contributed by atoms with Crippen LogP contribution in [0.1, 0.15) is 11.1 Å². The molecule has 0 aromatic heterocycles. The number of benzene rings is 3. The van der Waals surface area contributed by atoms with E-state index in [1.54, 1.807) is 0 Å². The molecule has 0 radical (unpaired) electrons. The van der Waals surface area contributed by atoms with Crippen molar-refractivity contribution in [1.82, 2.24) is 0 Å². The number of hydrogen-bond acceptors (Lipinski definition) is 8. The Labute approximate surface area is 210 Å². The van der Waals surface area contributed by atoms with Crippen LogP contribution in [-0.2, 0) is 18.9 Å². The SMILES string of the molecule is C(=Nc1ccc(C=Nc2ccc(OCOCC3CO3)cc2)cc1)c1ccc(OCOCC2CO2)cc1. The summed E-state index contributed by atoms with van der Waals surface area (Å²) in [5, 5.41) is 0. The van der Waals surface area contributed by atoms with E-state index >= 15 is 0 Å². The summed E-state index contributed by atoms with van der Waals surface area (Å²) in [6.45, 7) is 3.14. The predicted molar refractivity (Wildman–Crippen MR) is 136 cm³/mol. The van der Waals surface area contributed by atoms with Gasteiger partial charge in [0.1, 0.15) is 23.7 Å². The first-order valence-electron chi connectivity index (χ1n) is 11.8. The van der Waals surface area contributed by atoms with E-state index in [0.717, 1.165) is 47.2 Å². The molecule has 0 spiro atoms. The van der Waals surface area contributed by atoms with Gasteiger partial charge >= 0.3 is 0 Å². The average molecular weight is 489 g/mol. The molecule has 0 bridgehead atoms. The number of hydrogen-bond donors (Lipinski definition) is 0. The molecule has 2 fully saturated rings. The molecule has 2 aliphatic heterocycles. The van der Waals surface area contributed by atoms with Crippen LogP contribution < -0.4 is 9.47 Å². The van der Waals surface area contributed by atoms with Crippen LogP contribution in [0.25, 0.3) is 0 Å². The van der Waals surface area contributed by atoms with E-state index in [0.29, 0.717) is 13.2 Å². The smallest absolute Gasteiger partial charge is 0.189 e. The van der Waals surface area contributed by atoms with Crippen molar-refractivity contribution in [2.75, 3.05) is 40.0 Å². The maximum absolute atomic E-state index is 5.55. The Balaban J connectivity index is 1.05. The van der Waals surface area contributed by atoms with Crippen molar-refractivity contribution in [2.45, 2.75) is 12.2 Å². The third kappa shape index (κ3) is 8.28. The minimum absolute atomic E-state index is 0.212. The molecule has 36 heavy (non-hydrogen) atoms. The molecule has 2 unspecified atom stereocenters. The molecule has 3 aromatic carbocycles. The topological polar surface area (TPSA) is 86.7 Å². The Bertz CT molecular complexity index is 1050. The Morgan fingerprint density at radius 1 is 0.611 bits per heavy atom. The van der Waals surface area contributed by atoms with Crippen LogP contribution in [-0.4, -0.2) is 64.7 Å². The predicted octanol–water partition coefficient (Wildman–Crippen LogP) is 4.69. The highest BCUT2D eigenvalue weighted by Gasteiger charge is 2.22. The van der Waals surface area contributed by atoms with E-state index < -0.39 is 0 Å². The van der Waals surface area contributed by atoms with Crippen molar-refractivity contribution >= 4 is 23.8 Å². The molecule has 0 aliphatic carbocycles. The maximum atomic E-state index is 5.55. The van der Waals surface area contributed by atoms with Crippen LogP contribution in [0.3, 0.4) is 0 Å². The molecule has 8 nitrogen and oxygen atoms in total. The summed E-state index contributed by atoms with van der Waals surface area (Å²) in [6.07, 6.45) is 4.12. The molecule has 8 heteroatoms. The van der Waals surface area contributed by atoms with Crippen LogP contribution in [0.15, 0.2) is 82.8 Å². The van der Waals surface area contributed by atoms with Crippen molar-refractivity contribution in [3.63, 3.8) is 0 Å². The highest BCUT2D eigenvalue weighted by Crippen LogP contribution is 2.19. The van der Waals surface area contributed by atoms with Crippen molar-refractivity contribution in [1.29, 1.82) is 0 Å². The number of epoxide rings is 2. The van der Waals surface area contributed by atoms with Gasteiger partial charge in [-0.15, -0.1) is 0 Å². The van der Waals surface area contributed by atoms with Gasteiger partial charge < -0.3 is 28.4 Å². The van der Waals surface area contributed by atoms with Gasteiger partial charge in [0.25, 0.3) is 0 Å².